The molecule has 0 aliphatic carbocycles. The highest BCUT2D eigenvalue weighted by Gasteiger charge is 2.19. The van der Waals surface area contributed by atoms with Crippen molar-refractivity contribution in [2.24, 2.45) is 0 Å². The Bertz CT molecular complexity index is 1180. The van der Waals surface area contributed by atoms with Gasteiger partial charge in [-0.2, -0.15) is 0 Å². The van der Waals surface area contributed by atoms with Crippen LogP contribution in [0.5, 0.6) is 0 Å². The molecule has 0 N–H and O–H groups in total. The van der Waals surface area contributed by atoms with Gasteiger partial charge < -0.3 is 14.2 Å². The first-order valence-corrected chi connectivity index (χ1v) is 25.9. The van der Waals surface area contributed by atoms with Gasteiger partial charge in [0.1, 0.15) is 13.2 Å². The summed E-state index contributed by atoms with van der Waals surface area (Å²) >= 11 is 0. The smallest absolute Gasteiger partial charge is 0.306 e. The third kappa shape index (κ3) is 47.9. The zero-order valence-corrected chi connectivity index (χ0v) is 40.6. The van der Waals surface area contributed by atoms with Gasteiger partial charge in [0.05, 0.1) is 0 Å². The minimum atomic E-state index is -0.775. The van der Waals surface area contributed by atoms with Crippen LogP contribution in [0.2, 0.25) is 0 Å². The molecule has 0 radical (unpaired) electrons. The monoisotopic (exact) mass is 865 g/mol. The van der Waals surface area contributed by atoms with Crippen LogP contribution >= 0.6 is 0 Å². The molecule has 0 saturated carbocycles. The Morgan fingerprint density at radius 3 is 1.05 bits per heavy atom. The van der Waals surface area contributed by atoms with E-state index in [1.165, 1.54) is 103 Å². The molecular weight excluding hydrogens is 769 g/mol. The number of rotatable bonds is 46. The molecule has 356 valence electrons. The topological polar surface area (TPSA) is 78.9 Å². The van der Waals surface area contributed by atoms with E-state index in [0.717, 1.165) is 103 Å². The van der Waals surface area contributed by atoms with Crippen LogP contribution < -0.4 is 0 Å². The lowest BCUT2D eigenvalue weighted by Crippen LogP contribution is -2.30. The first kappa shape index (κ1) is 58.9. The number of allylic oxidation sites excluding steroid dienone is 12. The number of hydrogen-bond donors (Lipinski definition) is 0. The van der Waals surface area contributed by atoms with E-state index in [1.54, 1.807) is 0 Å². The highest BCUT2D eigenvalue weighted by atomic mass is 16.6. The van der Waals surface area contributed by atoms with Crippen molar-refractivity contribution in [3.63, 3.8) is 0 Å². The minimum absolute atomic E-state index is 0.0788. The number of ether oxygens (including phenoxy) is 3. The molecule has 0 rings (SSSR count). The molecule has 1 atom stereocenters. The van der Waals surface area contributed by atoms with Gasteiger partial charge in [0, 0.05) is 19.3 Å². The maximum absolute atomic E-state index is 12.7. The van der Waals surface area contributed by atoms with Crippen molar-refractivity contribution in [2.75, 3.05) is 13.2 Å². The zero-order chi connectivity index (χ0) is 45.1. The van der Waals surface area contributed by atoms with Crippen molar-refractivity contribution in [1.29, 1.82) is 0 Å². The van der Waals surface area contributed by atoms with Crippen molar-refractivity contribution in [2.45, 2.75) is 252 Å². The van der Waals surface area contributed by atoms with Crippen LogP contribution in [0, 0.1) is 0 Å². The van der Waals surface area contributed by atoms with Crippen LogP contribution in [0.4, 0.5) is 0 Å². The third-order valence-electron chi connectivity index (χ3n) is 10.9. The second kappa shape index (κ2) is 50.5. The second-order valence-electron chi connectivity index (χ2n) is 17.1. The van der Waals surface area contributed by atoms with Crippen LogP contribution in [0.25, 0.3) is 0 Å². The maximum Gasteiger partial charge on any atom is 0.306 e. The van der Waals surface area contributed by atoms with Gasteiger partial charge in [-0.1, -0.05) is 216 Å². The van der Waals surface area contributed by atoms with Gasteiger partial charge in [-0.15, -0.1) is 0 Å². The Labute approximate surface area is 382 Å². The van der Waals surface area contributed by atoms with Crippen LogP contribution in [0.3, 0.4) is 0 Å². The number of esters is 3. The first-order valence-electron chi connectivity index (χ1n) is 25.9. The van der Waals surface area contributed by atoms with E-state index in [4.69, 9.17) is 14.2 Å². The number of hydrogen-bond acceptors (Lipinski definition) is 6. The van der Waals surface area contributed by atoms with E-state index in [1.807, 2.05) is 0 Å². The van der Waals surface area contributed by atoms with E-state index in [0.29, 0.717) is 19.3 Å². The maximum atomic E-state index is 12.7. The summed E-state index contributed by atoms with van der Waals surface area (Å²) in [5, 5.41) is 0. The molecule has 1 unspecified atom stereocenters. The number of unbranched alkanes of at least 4 members (excludes halogenated alkanes) is 23. The number of carbonyl (C=O) groups is 3. The molecule has 0 aromatic carbocycles. The van der Waals surface area contributed by atoms with E-state index in [2.05, 4.69) is 93.7 Å². The van der Waals surface area contributed by atoms with Crippen LogP contribution in [-0.2, 0) is 28.6 Å². The molecule has 0 heterocycles. The van der Waals surface area contributed by atoms with E-state index in [9.17, 15) is 14.4 Å². The lowest BCUT2D eigenvalue weighted by atomic mass is 10.0. The van der Waals surface area contributed by atoms with Gasteiger partial charge in [0.15, 0.2) is 6.10 Å². The fraction of sp³-hybridized carbons (Fsp3) is 0.732. The molecule has 0 aromatic heterocycles. The molecule has 0 fully saturated rings. The summed E-state index contributed by atoms with van der Waals surface area (Å²) < 4.78 is 16.7. The second-order valence-corrected chi connectivity index (χ2v) is 17.1. The summed E-state index contributed by atoms with van der Waals surface area (Å²) in [6, 6.07) is 0. The molecule has 62 heavy (non-hydrogen) atoms. The summed E-state index contributed by atoms with van der Waals surface area (Å²) in [7, 11) is 0. The van der Waals surface area contributed by atoms with Crippen molar-refractivity contribution < 1.29 is 28.6 Å². The first-order chi connectivity index (χ1) is 30.5. The molecule has 0 saturated heterocycles. The summed E-state index contributed by atoms with van der Waals surface area (Å²) in [6.45, 7) is 6.41. The fourth-order valence-corrected chi connectivity index (χ4v) is 7.04. The Kier molecular flexibility index (Phi) is 47.9. The van der Waals surface area contributed by atoms with Crippen molar-refractivity contribution in [3.8, 4) is 0 Å². The Hall–Kier alpha value is -3.15. The summed E-state index contributed by atoms with van der Waals surface area (Å²) in [5.74, 6) is -0.902. The highest BCUT2D eigenvalue weighted by Crippen LogP contribution is 2.15. The zero-order valence-electron chi connectivity index (χ0n) is 40.6. The average molecular weight is 865 g/mol. The van der Waals surface area contributed by atoms with Crippen LogP contribution in [-0.4, -0.2) is 37.2 Å². The van der Waals surface area contributed by atoms with Crippen molar-refractivity contribution in [3.05, 3.63) is 72.9 Å². The third-order valence-corrected chi connectivity index (χ3v) is 10.9. The van der Waals surface area contributed by atoms with Crippen LogP contribution in [0.15, 0.2) is 72.9 Å². The molecule has 0 spiro atoms. The standard InChI is InChI=1S/C56H96O6/c1-4-7-10-13-16-18-20-21-22-23-24-25-26-27-28-29-30-31-32-33-34-35-37-38-40-43-46-49-55(58)61-52-53(51-60-54(57)48-45-42-15-12-9-6-3)62-56(59)50-47-44-41-39-36-19-17-14-11-8-5-2/h7,10,14,16-18,21-22,24-25,27-28,53H,4-6,8-9,11-13,15,19-20,23,26,29-52H2,1-3H3/b10-7-,17-14-,18-16-,22-21-,25-24-,28-27-. The van der Waals surface area contributed by atoms with Crippen LogP contribution in [0.1, 0.15) is 245 Å². The SMILES string of the molecule is CC/C=C\C/C=C\C/C=C\C/C=C\C/C=C\CCCCCCCCCCCCCC(=O)OCC(COC(=O)CCCCCCCC)OC(=O)CCCCCCC/C=C\CCCC. The van der Waals surface area contributed by atoms with Gasteiger partial charge in [0.25, 0.3) is 0 Å². The summed E-state index contributed by atoms with van der Waals surface area (Å²) in [5.41, 5.74) is 0. The molecule has 6 heteroatoms. The lowest BCUT2D eigenvalue weighted by molar-refractivity contribution is -0.167. The largest absolute Gasteiger partial charge is 0.462 e. The quantitative estimate of drug-likeness (QED) is 0.0262. The molecule has 0 aliphatic heterocycles. The minimum Gasteiger partial charge on any atom is -0.462 e. The molecular formula is C56H96O6. The molecule has 0 bridgehead atoms. The van der Waals surface area contributed by atoms with Crippen molar-refractivity contribution in [1.82, 2.24) is 0 Å². The van der Waals surface area contributed by atoms with E-state index >= 15 is 0 Å². The predicted molar refractivity (Wildman–Crippen MR) is 265 cm³/mol. The van der Waals surface area contributed by atoms with Gasteiger partial charge in [0.2, 0.25) is 0 Å². The molecule has 0 aliphatic rings. The van der Waals surface area contributed by atoms with Gasteiger partial charge in [-0.3, -0.25) is 14.4 Å². The molecule has 6 nitrogen and oxygen atoms in total. The molecule has 0 aromatic rings. The fourth-order valence-electron chi connectivity index (χ4n) is 7.04. The van der Waals surface area contributed by atoms with Gasteiger partial charge in [-0.25, -0.2) is 0 Å². The lowest BCUT2D eigenvalue weighted by Gasteiger charge is -2.18. The highest BCUT2D eigenvalue weighted by molar-refractivity contribution is 5.71. The van der Waals surface area contributed by atoms with Gasteiger partial charge >= 0.3 is 17.9 Å². The van der Waals surface area contributed by atoms with Crippen molar-refractivity contribution >= 4 is 17.9 Å². The Morgan fingerprint density at radius 2 is 0.645 bits per heavy atom. The Morgan fingerprint density at radius 1 is 0.339 bits per heavy atom. The summed E-state index contributed by atoms with van der Waals surface area (Å²) in [4.78, 5) is 37.6. The van der Waals surface area contributed by atoms with Gasteiger partial charge in [-0.05, 0) is 83.5 Å². The Balaban J connectivity index is 4.08. The molecule has 0 amide bonds. The number of carbonyl (C=O) groups excluding carboxylic acids is 3. The normalized spacial score (nSPS) is 12.6. The average Bonchev–Trinajstić information content (AvgIpc) is 3.27. The van der Waals surface area contributed by atoms with E-state index < -0.39 is 6.10 Å². The summed E-state index contributed by atoms with van der Waals surface area (Å²) in [6.07, 6.45) is 63.5. The predicted octanol–water partition coefficient (Wildman–Crippen LogP) is 17.0. The van der Waals surface area contributed by atoms with E-state index in [-0.39, 0.29) is 31.1 Å².